The second-order valence-corrected chi connectivity index (χ2v) is 4.29. The topological polar surface area (TPSA) is 108 Å². The Labute approximate surface area is 97.0 Å². The molecule has 1 aromatic heterocycles. The minimum atomic E-state index is -0.797. The van der Waals surface area contributed by atoms with E-state index >= 15 is 0 Å². The Kier molecular flexibility index (Phi) is 2.84. The molecule has 2 rings (SSSR count). The van der Waals surface area contributed by atoms with Crippen LogP contribution in [0.2, 0.25) is 0 Å². The average molecular weight is 239 g/mol. The van der Waals surface area contributed by atoms with Crippen molar-refractivity contribution in [2.24, 2.45) is 0 Å². The Morgan fingerprint density at radius 3 is 2.82 bits per heavy atom. The first-order valence-electron chi connectivity index (χ1n) is 5.34. The van der Waals surface area contributed by atoms with Gasteiger partial charge in [-0.2, -0.15) is 0 Å². The number of carbonyl (C=O) groups is 1. The average Bonchev–Trinajstić information content (AvgIpc) is 2.72. The van der Waals surface area contributed by atoms with Crippen molar-refractivity contribution in [1.82, 2.24) is 10.3 Å². The summed E-state index contributed by atoms with van der Waals surface area (Å²) in [6, 6.07) is 1.17. The van der Waals surface area contributed by atoms with Crippen molar-refractivity contribution in [1.29, 1.82) is 0 Å². The van der Waals surface area contributed by atoms with Crippen LogP contribution in [-0.2, 0) is 0 Å². The predicted molar refractivity (Wildman–Crippen MR) is 58.6 cm³/mol. The van der Waals surface area contributed by atoms with E-state index in [0.717, 1.165) is 12.6 Å². The number of rotatable bonds is 4. The normalized spacial score (nSPS) is 17.2. The fourth-order valence-electron chi connectivity index (χ4n) is 1.72. The number of nitrogens with one attached hydrogen (secondary N) is 2. The number of aromatic nitrogens is 1. The van der Waals surface area contributed by atoms with Crippen LogP contribution in [0.4, 0.5) is 5.69 Å². The summed E-state index contributed by atoms with van der Waals surface area (Å²) >= 11 is 0. The second kappa shape index (κ2) is 4.17. The standard InChI is InChI=1S/C10H13N3O4/c14-9(12-6-10(15)2-1-3-10)8-4-7(5-11-8)13(16)17/h4-5,11,15H,1-3,6H2,(H,12,14). The number of nitro groups is 1. The van der Waals surface area contributed by atoms with Crippen molar-refractivity contribution >= 4 is 11.6 Å². The van der Waals surface area contributed by atoms with E-state index in [-0.39, 0.29) is 17.9 Å². The van der Waals surface area contributed by atoms with Gasteiger partial charge in [-0.25, -0.2) is 0 Å². The largest absolute Gasteiger partial charge is 0.388 e. The van der Waals surface area contributed by atoms with Crippen LogP contribution < -0.4 is 5.32 Å². The number of aliphatic hydroxyl groups is 1. The fraction of sp³-hybridized carbons (Fsp3) is 0.500. The summed E-state index contributed by atoms with van der Waals surface area (Å²) in [6.07, 6.45) is 3.48. The highest BCUT2D eigenvalue weighted by Gasteiger charge is 2.34. The van der Waals surface area contributed by atoms with Crippen LogP contribution in [0.25, 0.3) is 0 Å². The van der Waals surface area contributed by atoms with Gasteiger partial charge in [-0.05, 0) is 19.3 Å². The molecule has 0 saturated heterocycles. The Balaban J connectivity index is 1.92. The second-order valence-electron chi connectivity index (χ2n) is 4.29. The van der Waals surface area contributed by atoms with Gasteiger partial charge in [-0.15, -0.1) is 0 Å². The van der Waals surface area contributed by atoms with Crippen molar-refractivity contribution in [2.45, 2.75) is 24.9 Å². The molecule has 92 valence electrons. The molecule has 0 atom stereocenters. The predicted octanol–water partition coefficient (Wildman–Crippen LogP) is 0.568. The lowest BCUT2D eigenvalue weighted by Crippen LogP contribution is -2.47. The highest BCUT2D eigenvalue weighted by Crippen LogP contribution is 2.30. The van der Waals surface area contributed by atoms with Crippen molar-refractivity contribution in [3.8, 4) is 0 Å². The van der Waals surface area contributed by atoms with Gasteiger partial charge in [0.25, 0.3) is 11.6 Å². The molecule has 1 heterocycles. The lowest BCUT2D eigenvalue weighted by molar-refractivity contribution is -0.384. The van der Waals surface area contributed by atoms with Crippen LogP contribution in [0.5, 0.6) is 0 Å². The molecule has 0 radical (unpaired) electrons. The van der Waals surface area contributed by atoms with Gasteiger partial charge in [0, 0.05) is 12.6 Å². The molecule has 1 aliphatic rings. The smallest absolute Gasteiger partial charge is 0.287 e. The number of carbonyl (C=O) groups excluding carboxylic acids is 1. The molecule has 1 fully saturated rings. The van der Waals surface area contributed by atoms with Gasteiger partial charge in [0.05, 0.1) is 16.7 Å². The molecular weight excluding hydrogens is 226 g/mol. The molecule has 0 aliphatic heterocycles. The van der Waals surface area contributed by atoms with Gasteiger partial charge < -0.3 is 15.4 Å². The number of aromatic amines is 1. The molecule has 1 aliphatic carbocycles. The van der Waals surface area contributed by atoms with Crippen LogP contribution in [0.1, 0.15) is 29.8 Å². The third-order valence-corrected chi connectivity index (χ3v) is 2.99. The molecule has 0 aromatic carbocycles. The molecule has 1 saturated carbocycles. The summed E-state index contributed by atoms with van der Waals surface area (Å²) in [7, 11) is 0. The maximum absolute atomic E-state index is 11.6. The molecule has 1 amide bonds. The van der Waals surface area contributed by atoms with E-state index < -0.39 is 16.4 Å². The first kappa shape index (κ1) is 11.6. The Morgan fingerprint density at radius 2 is 2.35 bits per heavy atom. The maximum Gasteiger partial charge on any atom is 0.287 e. The molecule has 3 N–H and O–H groups in total. The Morgan fingerprint density at radius 1 is 1.65 bits per heavy atom. The maximum atomic E-state index is 11.6. The molecule has 0 bridgehead atoms. The van der Waals surface area contributed by atoms with E-state index in [1.165, 1.54) is 6.07 Å². The van der Waals surface area contributed by atoms with Crippen molar-refractivity contribution in [3.05, 3.63) is 28.1 Å². The highest BCUT2D eigenvalue weighted by molar-refractivity contribution is 5.93. The third kappa shape index (κ3) is 2.44. The van der Waals surface area contributed by atoms with Gasteiger partial charge in [0.1, 0.15) is 5.69 Å². The van der Waals surface area contributed by atoms with Gasteiger partial charge in [0.15, 0.2) is 0 Å². The highest BCUT2D eigenvalue weighted by atomic mass is 16.6. The SMILES string of the molecule is O=C(NCC1(O)CCC1)c1cc([N+](=O)[O-])c[nH]1. The van der Waals surface area contributed by atoms with Crippen LogP contribution in [0, 0.1) is 10.1 Å². The van der Waals surface area contributed by atoms with Crippen molar-refractivity contribution in [3.63, 3.8) is 0 Å². The minimum absolute atomic E-state index is 0.125. The molecule has 0 spiro atoms. The summed E-state index contributed by atoms with van der Waals surface area (Å²) in [4.78, 5) is 24.0. The van der Waals surface area contributed by atoms with E-state index in [4.69, 9.17) is 0 Å². The van der Waals surface area contributed by atoms with Crippen molar-refractivity contribution < 1.29 is 14.8 Å². The van der Waals surface area contributed by atoms with Crippen LogP contribution >= 0.6 is 0 Å². The van der Waals surface area contributed by atoms with E-state index in [9.17, 15) is 20.0 Å². The molecule has 0 unspecified atom stereocenters. The quantitative estimate of drug-likeness (QED) is 0.527. The molecular formula is C10H13N3O4. The van der Waals surface area contributed by atoms with Crippen molar-refractivity contribution in [2.75, 3.05) is 6.54 Å². The zero-order valence-electron chi connectivity index (χ0n) is 9.10. The summed E-state index contributed by atoms with van der Waals surface area (Å²) in [5, 5.41) is 22.7. The first-order valence-corrected chi connectivity index (χ1v) is 5.34. The molecule has 7 nitrogen and oxygen atoms in total. The molecule has 7 heteroatoms. The minimum Gasteiger partial charge on any atom is -0.388 e. The summed E-state index contributed by atoms with van der Waals surface area (Å²) in [5.41, 5.74) is -0.828. The zero-order valence-corrected chi connectivity index (χ0v) is 9.10. The van der Waals surface area contributed by atoms with E-state index in [2.05, 4.69) is 10.3 Å². The van der Waals surface area contributed by atoms with Gasteiger partial charge in [-0.1, -0.05) is 0 Å². The number of amides is 1. The third-order valence-electron chi connectivity index (χ3n) is 2.99. The molecule has 17 heavy (non-hydrogen) atoms. The van der Waals surface area contributed by atoms with Crippen LogP contribution in [-0.4, -0.2) is 33.1 Å². The van der Waals surface area contributed by atoms with E-state index in [1.54, 1.807) is 0 Å². The number of hydrogen-bond donors (Lipinski definition) is 3. The number of hydrogen-bond acceptors (Lipinski definition) is 4. The number of nitrogens with zero attached hydrogens (tertiary/aromatic N) is 1. The number of H-pyrrole nitrogens is 1. The Bertz CT molecular complexity index is 450. The fourth-order valence-corrected chi connectivity index (χ4v) is 1.72. The Hall–Kier alpha value is -1.89. The van der Waals surface area contributed by atoms with Gasteiger partial charge in [-0.3, -0.25) is 14.9 Å². The lowest BCUT2D eigenvalue weighted by atomic mass is 9.80. The van der Waals surface area contributed by atoms with E-state index in [1.807, 2.05) is 0 Å². The summed E-state index contributed by atoms with van der Waals surface area (Å²) in [5.74, 6) is -0.446. The van der Waals surface area contributed by atoms with Crippen LogP contribution in [0.3, 0.4) is 0 Å². The summed E-state index contributed by atoms with van der Waals surface area (Å²) in [6.45, 7) is 0.179. The first-order chi connectivity index (χ1) is 8.00. The zero-order chi connectivity index (χ0) is 12.5. The monoisotopic (exact) mass is 239 g/mol. The summed E-state index contributed by atoms with van der Waals surface area (Å²) < 4.78 is 0. The van der Waals surface area contributed by atoms with Gasteiger partial charge >= 0.3 is 0 Å². The molecule has 1 aromatic rings. The lowest BCUT2D eigenvalue weighted by Gasteiger charge is -2.36. The van der Waals surface area contributed by atoms with E-state index in [0.29, 0.717) is 12.8 Å². The van der Waals surface area contributed by atoms with Gasteiger partial charge in [0.2, 0.25) is 0 Å². The van der Waals surface area contributed by atoms with Crippen LogP contribution in [0.15, 0.2) is 12.3 Å².